The molecule has 2 heterocycles. The molecule has 0 spiro atoms. The number of nitrogen functional groups attached to an aromatic ring is 1. The van der Waals surface area contributed by atoms with Gasteiger partial charge in [-0.25, -0.2) is 14.2 Å². The number of hydrogen-bond donors (Lipinski definition) is 3. The lowest BCUT2D eigenvalue weighted by Gasteiger charge is -2.37. The normalized spacial score (nSPS) is 20.2. The summed E-state index contributed by atoms with van der Waals surface area (Å²) >= 11 is 3.07. The molecule has 0 radical (unpaired) electrons. The first-order chi connectivity index (χ1) is 14.5. The van der Waals surface area contributed by atoms with Gasteiger partial charge in [-0.05, 0) is 40.9 Å². The van der Waals surface area contributed by atoms with Crippen molar-refractivity contribution in [1.29, 1.82) is 0 Å². The minimum absolute atomic E-state index is 0.133. The Kier molecular flexibility index (Phi) is 4.96. The van der Waals surface area contributed by atoms with E-state index in [0.717, 1.165) is 10.6 Å². The van der Waals surface area contributed by atoms with Crippen molar-refractivity contribution in [3.05, 3.63) is 50.2 Å². The van der Waals surface area contributed by atoms with Crippen LogP contribution in [0.2, 0.25) is 0 Å². The number of fused-ring (bicyclic) bond motifs is 1. The molecule has 31 heavy (non-hydrogen) atoms. The van der Waals surface area contributed by atoms with Crippen LogP contribution in [0.4, 0.5) is 33.9 Å². The highest BCUT2D eigenvalue weighted by molar-refractivity contribution is 9.10. The molecule has 2 aliphatic rings. The van der Waals surface area contributed by atoms with E-state index in [-0.39, 0.29) is 34.1 Å². The second-order valence-corrected chi connectivity index (χ2v) is 8.05. The summed E-state index contributed by atoms with van der Waals surface area (Å²) in [5.41, 5.74) is 0.820. The van der Waals surface area contributed by atoms with Gasteiger partial charge in [0.2, 0.25) is 5.54 Å². The lowest BCUT2D eigenvalue weighted by Crippen LogP contribution is -2.59. The summed E-state index contributed by atoms with van der Waals surface area (Å²) in [7, 11) is 0. The molecule has 0 bridgehead atoms. The van der Waals surface area contributed by atoms with Gasteiger partial charge in [-0.15, -0.1) is 0 Å². The molecule has 1 saturated carbocycles. The highest BCUT2D eigenvalue weighted by Crippen LogP contribution is 2.45. The highest BCUT2D eigenvalue weighted by atomic mass is 79.9. The van der Waals surface area contributed by atoms with Gasteiger partial charge in [0.25, 0.3) is 5.56 Å². The SMILES string of the molecule is Nc1nc(Br)cn(Cc2cc3c(cc2F)C(C#CC2CC2)(C(F)(F)F)NC(=O)N3)c1=O. The Balaban J connectivity index is 1.84. The molecule has 162 valence electrons. The first kappa shape index (κ1) is 21.2. The number of benzene rings is 1. The quantitative estimate of drug-likeness (QED) is 0.436. The molecule has 1 aliphatic carbocycles. The van der Waals surface area contributed by atoms with Crippen LogP contribution in [0.1, 0.15) is 24.0 Å². The third-order valence-electron chi connectivity index (χ3n) is 4.92. The molecule has 1 aromatic carbocycles. The number of aromatic nitrogens is 2. The molecule has 2 aromatic rings. The zero-order valence-electron chi connectivity index (χ0n) is 15.6. The van der Waals surface area contributed by atoms with Gasteiger partial charge in [0.1, 0.15) is 10.4 Å². The second-order valence-electron chi connectivity index (χ2n) is 7.24. The molecular weight excluding hydrogens is 486 g/mol. The van der Waals surface area contributed by atoms with Crippen molar-refractivity contribution in [3.8, 4) is 11.8 Å². The summed E-state index contributed by atoms with van der Waals surface area (Å²) in [6, 6.07) is 0.608. The summed E-state index contributed by atoms with van der Waals surface area (Å²) in [5, 5.41) is 4.09. The van der Waals surface area contributed by atoms with Crippen LogP contribution in [-0.2, 0) is 12.1 Å². The molecule has 0 saturated heterocycles. The fourth-order valence-corrected chi connectivity index (χ4v) is 3.64. The van der Waals surface area contributed by atoms with Crippen molar-refractivity contribution < 1.29 is 22.4 Å². The first-order valence-corrected chi connectivity index (χ1v) is 9.83. The Hall–Kier alpha value is -3.07. The van der Waals surface area contributed by atoms with Crippen LogP contribution in [0.25, 0.3) is 0 Å². The predicted octanol–water partition coefficient (Wildman–Crippen LogP) is 3.08. The average molecular weight is 500 g/mol. The van der Waals surface area contributed by atoms with Gasteiger partial charge in [-0.3, -0.25) is 4.79 Å². The van der Waals surface area contributed by atoms with Crippen molar-refractivity contribution in [1.82, 2.24) is 14.9 Å². The van der Waals surface area contributed by atoms with Crippen LogP contribution < -0.4 is 21.9 Å². The minimum Gasteiger partial charge on any atom is -0.379 e. The molecule has 1 fully saturated rings. The maximum Gasteiger partial charge on any atom is 0.427 e. The van der Waals surface area contributed by atoms with E-state index in [0.29, 0.717) is 18.9 Å². The van der Waals surface area contributed by atoms with Gasteiger partial charge in [0.15, 0.2) is 5.82 Å². The molecule has 1 aromatic heterocycles. The summed E-state index contributed by atoms with van der Waals surface area (Å²) < 4.78 is 58.5. The largest absolute Gasteiger partial charge is 0.427 e. The predicted molar refractivity (Wildman–Crippen MR) is 106 cm³/mol. The fraction of sp³-hybridized carbons (Fsp3) is 0.316. The zero-order chi connectivity index (χ0) is 22.6. The van der Waals surface area contributed by atoms with E-state index < -0.39 is 34.7 Å². The van der Waals surface area contributed by atoms with E-state index in [1.54, 1.807) is 0 Å². The summed E-state index contributed by atoms with van der Waals surface area (Å²) in [5.74, 6) is 3.15. The van der Waals surface area contributed by atoms with Crippen molar-refractivity contribution in [2.45, 2.75) is 31.1 Å². The van der Waals surface area contributed by atoms with Crippen molar-refractivity contribution in [2.75, 3.05) is 11.1 Å². The van der Waals surface area contributed by atoms with E-state index in [4.69, 9.17) is 5.73 Å². The molecular formula is C19H14BrF4N5O2. The van der Waals surface area contributed by atoms with E-state index in [9.17, 15) is 27.2 Å². The number of nitrogens with zero attached hydrogens (tertiary/aromatic N) is 2. The molecule has 4 rings (SSSR count). The number of hydrogen-bond acceptors (Lipinski definition) is 4. The summed E-state index contributed by atoms with van der Waals surface area (Å²) in [6.07, 6.45) is -2.39. The van der Waals surface area contributed by atoms with Crippen LogP contribution in [-0.4, -0.2) is 21.8 Å². The Labute approximate surface area is 181 Å². The minimum atomic E-state index is -5.00. The molecule has 2 amide bonds. The van der Waals surface area contributed by atoms with E-state index in [1.165, 1.54) is 6.20 Å². The van der Waals surface area contributed by atoms with E-state index in [1.807, 2.05) is 5.32 Å². The average Bonchev–Trinajstić information content (AvgIpc) is 3.48. The third-order valence-corrected chi connectivity index (χ3v) is 5.30. The maximum atomic E-state index is 14.9. The van der Waals surface area contributed by atoms with Gasteiger partial charge < -0.3 is 20.9 Å². The molecule has 1 atom stereocenters. The van der Waals surface area contributed by atoms with Crippen LogP contribution in [0.5, 0.6) is 0 Å². The standard InChI is InChI=1S/C19H14BrF4N5O2/c20-14-8-29(16(30)15(25)27-14)7-10-5-13-11(6-12(10)21)18(19(22,23)24,28-17(31)26-13)4-3-9-1-2-9/h5-6,8-9H,1-2,7H2,(H2,25,27)(H2,26,28,31). The van der Waals surface area contributed by atoms with Gasteiger partial charge >= 0.3 is 12.2 Å². The number of nitrogens with two attached hydrogens (primary N) is 1. The number of amides is 2. The van der Waals surface area contributed by atoms with Crippen molar-refractivity contribution in [2.24, 2.45) is 5.92 Å². The number of rotatable bonds is 2. The van der Waals surface area contributed by atoms with E-state index in [2.05, 4.69) is 38.1 Å². The van der Waals surface area contributed by atoms with Gasteiger partial charge in [0, 0.05) is 28.9 Å². The monoisotopic (exact) mass is 499 g/mol. The second kappa shape index (κ2) is 7.26. The Morgan fingerprint density at radius 3 is 2.68 bits per heavy atom. The number of alkyl halides is 3. The van der Waals surface area contributed by atoms with Gasteiger partial charge in [-0.1, -0.05) is 11.8 Å². The number of nitrogens with one attached hydrogen (secondary N) is 2. The third kappa shape index (κ3) is 3.85. The number of halogens is 5. The van der Waals surface area contributed by atoms with Crippen LogP contribution in [0, 0.1) is 23.6 Å². The van der Waals surface area contributed by atoms with Gasteiger partial charge in [0.05, 0.1) is 6.54 Å². The van der Waals surface area contributed by atoms with Crippen LogP contribution >= 0.6 is 15.9 Å². The number of carbonyl (C=O) groups excluding carboxylic acids is 1. The lowest BCUT2D eigenvalue weighted by atomic mass is 9.85. The lowest BCUT2D eigenvalue weighted by molar-refractivity contribution is -0.178. The first-order valence-electron chi connectivity index (χ1n) is 9.04. The number of carbonyl (C=O) groups is 1. The van der Waals surface area contributed by atoms with Crippen LogP contribution in [0.3, 0.4) is 0 Å². The van der Waals surface area contributed by atoms with Crippen LogP contribution in [0.15, 0.2) is 27.7 Å². The smallest absolute Gasteiger partial charge is 0.379 e. The Bertz CT molecular complexity index is 1210. The molecule has 12 heteroatoms. The fourth-order valence-electron chi connectivity index (χ4n) is 3.20. The number of anilines is 2. The van der Waals surface area contributed by atoms with Gasteiger partial charge in [-0.2, -0.15) is 13.2 Å². The Morgan fingerprint density at radius 2 is 2.03 bits per heavy atom. The highest BCUT2D eigenvalue weighted by Gasteiger charge is 2.59. The summed E-state index contributed by atoms with van der Waals surface area (Å²) in [6.45, 7) is -0.348. The maximum absolute atomic E-state index is 14.9. The molecule has 1 unspecified atom stereocenters. The van der Waals surface area contributed by atoms with E-state index >= 15 is 0 Å². The van der Waals surface area contributed by atoms with Crippen molar-refractivity contribution >= 4 is 33.5 Å². The van der Waals surface area contributed by atoms with Crippen molar-refractivity contribution in [3.63, 3.8) is 0 Å². The molecule has 4 N–H and O–H groups in total. The summed E-state index contributed by atoms with van der Waals surface area (Å²) in [4.78, 5) is 28.0. The number of urea groups is 1. The molecule has 1 aliphatic heterocycles. The Morgan fingerprint density at radius 1 is 1.32 bits per heavy atom. The topological polar surface area (TPSA) is 102 Å². The zero-order valence-corrected chi connectivity index (χ0v) is 17.2. The molecule has 7 nitrogen and oxygen atoms in total.